The molecule has 120 valence electrons. The minimum atomic E-state index is -0.996. The molecule has 1 N–H and O–H groups in total. The fourth-order valence-electron chi connectivity index (χ4n) is 3.36. The van der Waals surface area contributed by atoms with Crippen LogP contribution in [0.2, 0.25) is 10.0 Å². The summed E-state index contributed by atoms with van der Waals surface area (Å²) >= 11 is 12.0. The van der Waals surface area contributed by atoms with E-state index in [1.54, 1.807) is 12.1 Å². The van der Waals surface area contributed by atoms with Crippen molar-refractivity contribution in [2.45, 2.75) is 12.5 Å². The molecule has 1 heterocycles. The number of quaternary nitrogens is 1. The molecule has 1 saturated heterocycles. The van der Waals surface area contributed by atoms with Gasteiger partial charge in [0.25, 0.3) is 0 Å². The highest BCUT2D eigenvalue weighted by Crippen LogP contribution is 2.31. The Hall–Kier alpha value is -1.55. The van der Waals surface area contributed by atoms with Crippen LogP contribution in [0.4, 0.5) is 0 Å². The number of halogens is 2. The quantitative estimate of drug-likeness (QED) is 0.909. The Morgan fingerprint density at radius 1 is 1.09 bits per heavy atom. The van der Waals surface area contributed by atoms with Crippen LogP contribution in [0.5, 0.6) is 0 Å². The zero-order valence-electron chi connectivity index (χ0n) is 12.5. The summed E-state index contributed by atoms with van der Waals surface area (Å²) in [5.41, 5.74) is 2.12. The van der Waals surface area contributed by atoms with Crippen molar-refractivity contribution in [1.29, 1.82) is 0 Å². The number of benzene rings is 2. The summed E-state index contributed by atoms with van der Waals surface area (Å²) in [6.45, 7) is 2.11. The third-order valence-electron chi connectivity index (χ3n) is 4.47. The average molecular weight is 350 g/mol. The molecule has 0 bridgehead atoms. The minimum absolute atomic E-state index is 0.103. The van der Waals surface area contributed by atoms with Crippen molar-refractivity contribution in [3.63, 3.8) is 0 Å². The van der Waals surface area contributed by atoms with E-state index in [9.17, 15) is 9.90 Å². The molecule has 1 fully saturated rings. The average Bonchev–Trinajstić information content (AvgIpc) is 2.95. The number of carboxylic acids is 1. The number of rotatable bonds is 4. The van der Waals surface area contributed by atoms with Crippen molar-refractivity contribution in [2.24, 2.45) is 5.92 Å². The molecule has 0 spiro atoms. The summed E-state index contributed by atoms with van der Waals surface area (Å²) < 4.78 is 0. The summed E-state index contributed by atoms with van der Waals surface area (Å²) in [6, 6.07) is 15.5. The van der Waals surface area contributed by atoms with Gasteiger partial charge in [-0.2, -0.15) is 0 Å². The van der Waals surface area contributed by atoms with E-state index in [-0.39, 0.29) is 5.92 Å². The molecule has 2 aromatic carbocycles. The van der Waals surface area contributed by atoms with Gasteiger partial charge in [-0.15, -0.1) is 0 Å². The van der Waals surface area contributed by atoms with Gasteiger partial charge < -0.3 is 14.8 Å². The first kappa shape index (κ1) is 16.3. The van der Waals surface area contributed by atoms with Crippen molar-refractivity contribution in [1.82, 2.24) is 0 Å². The summed E-state index contributed by atoms with van der Waals surface area (Å²) in [5, 5.41) is 12.5. The van der Waals surface area contributed by atoms with Crippen LogP contribution in [0.25, 0.3) is 0 Å². The Labute approximate surface area is 145 Å². The molecule has 1 unspecified atom stereocenters. The normalized spacial score (nSPS) is 23.8. The van der Waals surface area contributed by atoms with Crippen molar-refractivity contribution in [2.75, 3.05) is 13.1 Å². The van der Waals surface area contributed by atoms with E-state index in [2.05, 4.69) is 12.1 Å². The highest BCUT2D eigenvalue weighted by Gasteiger charge is 2.38. The van der Waals surface area contributed by atoms with Gasteiger partial charge in [0, 0.05) is 11.5 Å². The number of hydrogen-bond donors (Lipinski definition) is 1. The van der Waals surface area contributed by atoms with Gasteiger partial charge in [-0.1, -0.05) is 59.6 Å². The van der Waals surface area contributed by atoms with Crippen molar-refractivity contribution in [3.05, 3.63) is 69.7 Å². The molecular weight excluding hydrogens is 333 g/mol. The van der Waals surface area contributed by atoms with Gasteiger partial charge in [0.15, 0.2) is 0 Å². The van der Waals surface area contributed by atoms with Gasteiger partial charge >= 0.3 is 0 Å². The fourth-order valence-corrected chi connectivity index (χ4v) is 3.67. The summed E-state index contributed by atoms with van der Waals surface area (Å²) in [7, 11) is 0. The molecule has 1 aliphatic rings. The van der Waals surface area contributed by atoms with Crippen LogP contribution in [0.15, 0.2) is 48.5 Å². The topological polar surface area (TPSA) is 44.6 Å². The zero-order chi connectivity index (χ0) is 16.4. The first-order valence-electron chi connectivity index (χ1n) is 7.58. The SMILES string of the molecule is O=C([O-])[C@@H]1C[NH+](Cc2ccccc2)C[C@H]1c1ccc(Cl)c(Cl)c1. The van der Waals surface area contributed by atoms with Gasteiger partial charge in [-0.3, -0.25) is 0 Å². The molecule has 2 aromatic rings. The molecule has 3 rings (SSSR count). The molecule has 3 nitrogen and oxygen atoms in total. The Kier molecular flexibility index (Phi) is 4.90. The van der Waals surface area contributed by atoms with E-state index in [0.29, 0.717) is 16.6 Å². The summed E-state index contributed by atoms with van der Waals surface area (Å²) in [6.07, 6.45) is 0. The third kappa shape index (κ3) is 3.69. The number of hydrogen-bond acceptors (Lipinski definition) is 2. The van der Waals surface area contributed by atoms with Crippen molar-refractivity contribution in [3.8, 4) is 0 Å². The Balaban J connectivity index is 1.81. The second-order valence-electron chi connectivity index (χ2n) is 6.03. The van der Waals surface area contributed by atoms with Crippen LogP contribution in [-0.2, 0) is 11.3 Å². The number of carbonyl (C=O) groups is 1. The lowest BCUT2D eigenvalue weighted by atomic mass is 9.89. The van der Waals surface area contributed by atoms with Crippen molar-refractivity contribution >= 4 is 29.2 Å². The summed E-state index contributed by atoms with van der Waals surface area (Å²) in [5.74, 6) is -1.61. The summed E-state index contributed by atoms with van der Waals surface area (Å²) in [4.78, 5) is 12.8. The minimum Gasteiger partial charge on any atom is -0.550 e. The molecule has 0 aromatic heterocycles. The van der Waals surface area contributed by atoms with Crippen LogP contribution in [-0.4, -0.2) is 19.1 Å². The van der Waals surface area contributed by atoms with Crippen LogP contribution in [0, 0.1) is 5.92 Å². The van der Waals surface area contributed by atoms with E-state index >= 15 is 0 Å². The molecule has 1 aliphatic heterocycles. The molecule has 0 radical (unpaired) electrons. The largest absolute Gasteiger partial charge is 0.550 e. The van der Waals surface area contributed by atoms with Crippen molar-refractivity contribution < 1.29 is 14.8 Å². The molecule has 0 aliphatic carbocycles. The first-order valence-corrected chi connectivity index (χ1v) is 8.33. The monoisotopic (exact) mass is 349 g/mol. The van der Waals surface area contributed by atoms with E-state index in [4.69, 9.17) is 23.2 Å². The van der Waals surface area contributed by atoms with Crippen LogP contribution >= 0.6 is 23.2 Å². The predicted octanol–water partition coefficient (Wildman–Crippen LogP) is 1.54. The van der Waals surface area contributed by atoms with Crippen LogP contribution < -0.4 is 10.0 Å². The highest BCUT2D eigenvalue weighted by atomic mass is 35.5. The molecular formula is C18H17Cl2NO2. The Morgan fingerprint density at radius 3 is 2.48 bits per heavy atom. The molecule has 5 heteroatoms. The van der Waals surface area contributed by atoms with Gasteiger partial charge in [-0.05, 0) is 17.7 Å². The number of likely N-dealkylation sites (tertiary alicyclic amines) is 1. The Morgan fingerprint density at radius 2 is 1.83 bits per heavy atom. The second kappa shape index (κ2) is 6.91. The molecule has 0 amide bonds. The van der Waals surface area contributed by atoms with E-state index in [0.717, 1.165) is 18.7 Å². The molecule has 3 atom stereocenters. The molecule has 0 saturated carbocycles. The highest BCUT2D eigenvalue weighted by molar-refractivity contribution is 6.42. The lowest BCUT2D eigenvalue weighted by Gasteiger charge is -2.17. The number of carboxylic acid groups (broad SMARTS) is 1. The molecule has 23 heavy (non-hydrogen) atoms. The second-order valence-corrected chi connectivity index (χ2v) is 6.84. The predicted molar refractivity (Wildman–Crippen MR) is 88.5 cm³/mol. The number of nitrogens with one attached hydrogen (secondary N) is 1. The maximum atomic E-state index is 11.6. The van der Waals surface area contributed by atoms with Crippen LogP contribution in [0.3, 0.4) is 0 Å². The van der Waals surface area contributed by atoms with Crippen LogP contribution in [0.1, 0.15) is 17.0 Å². The maximum Gasteiger partial charge on any atom is 0.103 e. The van der Waals surface area contributed by atoms with Gasteiger partial charge in [0.05, 0.1) is 35.0 Å². The lowest BCUT2D eigenvalue weighted by Crippen LogP contribution is -3.09. The lowest BCUT2D eigenvalue weighted by molar-refractivity contribution is -0.903. The Bertz CT molecular complexity index is 705. The number of aliphatic carboxylic acids is 1. The smallest absolute Gasteiger partial charge is 0.103 e. The maximum absolute atomic E-state index is 11.6. The van der Waals surface area contributed by atoms with Gasteiger partial charge in [0.2, 0.25) is 0 Å². The third-order valence-corrected chi connectivity index (χ3v) is 5.21. The fraction of sp³-hybridized carbons (Fsp3) is 0.278. The van der Waals surface area contributed by atoms with E-state index < -0.39 is 11.9 Å². The first-order chi connectivity index (χ1) is 11.0. The number of carbonyl (C=O) groups excluding carboxylic acids is 1. The van der Waals surface area contributed by atoms with Gasteiger partial charge in [0.1, 0.15) is 6.54 Å². The van der Waals surface area contributed by atoms with E-state index in [1.165, 1.54) is 10.5 Å². The standard InChI is InChI=1S/C18H17Cl2NO2/c19-16-7-6-13(8-17(16)20)14-10-21(11-15(14)18(22)23)9-12-4-2-1-3-5-12/h1-8,14-15H,9-11H2,(H,22,23)/t14-,15+/m0/s1. The van der Waals surface area contributed by atoms with Gasteiger partial charge in [-0.25, -0.2) is 0 Å². The zero-order valence-corrected chi connectivity index (χ0v) is 14.0. The van der Waals surface area contributed by atoms with E-state index in [1.807, 2.05) is 24.3 Å².